The number of benzene rings is 1. The van der Waals surface area contributed by atoms with Crippen molar-refractivity contribution in [2.45, 2.75) is 26.2 Å². The molecular weight excluding hydrogens is 228 g/mol. The molecule has 2 rings (SSSR count). The number of carbonyl (C=O) groups excluding carboxylic acids is 1. The normalized spacial score (nSPS) is 15.5. The maximum Gasteiger partial charge on any atom is 0.257 e. The average molecular weight is 248 g/mol. The lowest BCUT2D eigenvalue weighted by molar-refractivity contribution is 0.0720. The summed E-state index contributed by atoms with van der Waals surface area (Å²) in [4.78, 5) is 14.3. The summed E-state index contributed by atoms with van der Waals surface area (Å²) in [6.07, 6.45) is 3.37. The van der Waals surface area contributed by atoms with Crippen LogP contribution in [-0.2, 0) is 0 Å². The molecule has 1 aromatic carbocycles. The first-order valence-corrected chi connectivity index (χ1v) is 6.54. The van der Waals surface area contributed by atoms with Gasteiger partial charge in [-0.2, -0.15) is 0 Å². The Kier molecular flexibility index (Phi) is 4.07. The maximum absolute atomic E-state index is 12.4. The number of ether oxygens (including phenoxy) is 1. The number of piperidine rings is 1. The molecule has 1 aliphatic rings. The van der Waals surface area contributed by atoms with Crippen LogP contribution in [-0.4, -0.2) is 30.5 Å². The van der Waals surface area contributed by atoms with Crippen LogP contribution in [0.5, 0.6) is 5.75 Å². The minimum atomic E-state index is 0.0328. The van der Waals surface area contributed by atoms with Gasteiger partial charge in [-0.1, -0.05) is 0 Å². The molecule has 0 aromatic heterocycles. The van der Waals surface area contributed by atoms with Crippen LogP contribution in [0.15, 0.2) is 18.2 Å². The average Bonchev–Trinajstić information content (AvgIpc) is 2.41. The Balaban J connectivity index is 2.24. The van der Waals surface area contributed by atoms with Crippen molar-refractivity contribution in [2.75, 3.05) is 25.4 Å². The van der Waals surface area contributed by atoms with Gasteiger partial charge < -0.3 is 15.4 Å². The number of nitrogen functional groups attached to an aromatic ring is 1. The van der Waals surface area contributed by atoms with Gasteiger partial charge in [0.25, 0.3) is 5.91 Å². The summed E-state index contributed by atoms with van der Waals surface area (Å²) in [5.41, 5.74) is 6.94. The maximum atomic E-state index is 12.4. The lowest BCUT2D eigenvalue weighted by Gasteiger charge is -2.27. The third-order valence-corrected chi connectivity index (χ3v) is 3.18. The van der Waals surface area contributed by atoms with E-state index in [-0.39, 0.29) is 5.91 Å². The summed E-state index contributed by atoms with van der Waals surface area (Å²) in [6.45, 7) is 4.12. The van der Waals surface area contributed by atoms with E-state index in [9.17, 15) is 4.79 Å². The van der Waals surface area contributed by atoms with Crippen LogP contribution in [0.25, 0.3) is 0 Å². The number of likely N-dealkylation sites (tertiary alicyclic amines) is 1. The second-order valence-electron chi connectivity index (χ2n) is 4.54. The molecule has 2 N–H and O–H groups in total. The van der Waals surface area contributed by atoms with Gasteiger partial charge in [-0.3, -0.25) is 4.79 Å². The Morgan fingerprint density at radius 2 is 2.06 bits per heavy atom. The first-order valence-electron chi connectivity index (χ1n) is 6.54. The molecule has 1 heterocycles. The summed E-state index contributed by atoms with van der Waals surface area (Å²) in [6, 6.07) is 5.25. The fourth-order valence-electron chi connectivity index (χ4n) is 2.26. The van der Waals surface area contributed by atoms with Crippen molar-refractivity contribution in [3.8, 4) is 5.75 Å². The standard InChI is InChI=1S/C14H20N2O2/c1-2-18-13-7-6-11(15)10-12(13)14(17)16-8-4-3-5-9-16/h6-7,10H,2-5,8-9,15H2,1H3. The molecular formula is C14H20N2O2. The van der Waals surface area contributed by atoms with Gasteiger partial charge in [0.05, 0.1) is 12.2 Å². The predicted molar refractivity (Wildman–Crippen MR) is 71.8 cm³/mol. The topological polar surface area (TPSA) is 55.6 Å². The molecule has 0 atom stereocenters. The zero-order valence-electron chi connectivity index (χ0n) is 10.8. The van der Waals surface area contributed by atoms with Crippen LogP contribution in [0.1, 0.15) is 36.5 Å². The number of rotatable bonds is 3. The Labute approximate surface area is 108 Å². The SMILES string of the molecule is CCOc1ccc(N)cc1C(=O)N1CCCCC1. The van der Waals surface area contributed by atoms with E-state index >= 15 is 0 Å². The van der Waals surface area contributed by atoms with Gasteiger partial charge >= 0.3 is 0 Å². The van der Waals surface area contributed by atoms with E-state index < -0.39 is 0 Å². The first kappa shape index (κ1) is 12.7. The molecule has 4 nitrogen and oxygen atoms in total. The molecule has 0 bridgehead atoms. The highest BCUT2D eigenvalue weighted by molar-refractivity contribution is 5.97. The summed E-state index contributed by atoms with van der Waals surface area (Å²) in [5, 5.41) is 0. The van der Waals surface area contributed by atoms with Gasteiger partial charge in [0.15, 0.2) is 0 Å². The minimum Gasteiger partial charge on any atom is -0.493 e. The summed E-state index contributed by atoms with van der Waals surface area (Å²) in [7, 11) is 0. The van der Waals surface area contributed by atoms with Crippen LogP contribution < -0.4 is 10.5 Å². The molecule has 0 saturated carbocycles. The van der Waals surface area contributed by atoms with E-state index in [1.165, 1.54) is 6.42 Å². The van der Waals surface area contributed by atoms with E-state index in [4.69, 9.17) is 10.5 Å². The summed E-state index contributed by atoms with van der Waals surface area (Å²) in [5.74, 6) is 0.660. The molecule has 1 fully saturated rings. The van der Waals surface area contributed by atoms with E-state index in [1.54, 1.807) is 18.2 Å². The lowest BCUT2D eigenvalue weighted by Crippen LogP contribution is -2.35. The summed E-state index contributed by atoms with van der Waals surface area (Å²) < 4.78 is 5.50. The fourth-order valence-corrected chi connectivity index (χ4v) is 2.26. The number of anilines is 1. The third kappa shape index (κ3) is 2.75. The van der Waals surface area contributed by atoms with Crippen LogP contribution in [0.2, 0.25) is 0 Å². The van der Waals surface area contributed by atoms with Crippen LogP contribution in [0.3, 0.4) is 0 Å². The van der Waals surface area contributed by atoms with E-state index in [1.807, 2.05) is 11.8 Å². The molecule has 1 amide bonds. The van der Waals surface area contributed by atoms with Gasteiger partial charge in [0, 0.05) is 18.8 Å². The highest BCUT2D eigenvalue weighted by atomic mass is 16.5. The van der Waals surface area contributed by atoms with Gasteiger partial charge in [0.1, 0.15) is 5.75 Å². The number of carbonyl (C=O) groups is 1. The molecule has 0 aliphatic carbocycles. The summed E-state index contributed by atoms with van der Waals surface area (Å²) >= 11 is 0. The highest BCUT2D eigenvalue weighted by Crippen LogP contribution is 2.24. The van der Waals surface area contributed by atoms with Crippen LogP contribution in [0.4, 0.5) is 5.69 Å². The molecule has 1 aliphatic heterocycles. The quantitative estimate of drug-likeness (QED) is 0.835. The van der Waals surface area contributed by atoms with Crippen molar-refractivity contribution in [3.63, 3.8) is 0 Å². The minimum absolute atomic E-state index is 0.0328. The van der Waals surface area contributed by atoms with Crippen molar-refractivity contribution >= 4 is 11.6 Å². The van der Waals surface area contributed by atoms with E-state index in [2.05, 4.69) is 0 Å². The Hall–Kier alpha value is -1.71. The van der Waals surface area contributed by atoms with Crippen LogP contribution in [0, 0.1) is 0 Å². The number of nitrogens with two attached hydrogens (primary N) is 1. The van der Waals surface area contributed by atoms with Gasteiger partial charge in [0.2, 0.25) is 0 Å². The number of nitrogens with zero attached hydrogens (tertiary/aromatic N) is 1. The van der Waals surface area contributed by atoms with Crippen molar-refractivity contribution in [1.82, 2.24) is 4.90 Å². The fraction of sp³-hybridized carbons (Fsp3) is 0.500. The Morgan fingerprint density at radius 3 is 2.72 bits per heavy atom. The molecule has 0 unspecified atom stereocenters. The number of hydrogen-bond donors (Lipinski definition) is 1. The molecule has 1 saturated heterocycles. The Morgan fingerprint density at radius 1 is 1.33 bits per heavy atom. The molecule has 0 spiro atoms. The third-order valence-electron chi connectivity index (χ3n) is 3.18. The van der Waals surface area contributed by atoms with E-state index in [0.29, 0.717) is 23.6 Å². The molecule has 1 aromatic rings. The van der Waals surface area contributed by atoms with Gasteiger partial charge in [-0.25, -0.2) is 0 Å². The molecule has 4 heteroatoms. The zero-order valence-corrected chi connectivity index (χ0v) is 10.8. The second-order valence-corrected chi connectivity index (χ2v) is 4.54. The largest absolute Gasteiger partial charge is 0.493 e. The first-order chi connectivity index (χ1) is 8.72. The van der Waals surface area contributed by atoms with Crippen molar-refractivity contribution in [1.29, 1.82) is 0 Å². The highest BCUT2D eigenvalue weighted by Gasteiger charge is 2.21. The second kappa shape index (κ2) is 5.76. The molecule has 0 radical (unpaired) electrons. The monoisotopic (exact) mass is 248 g/mol. The van der Waals surface area contributed by atoms with E-state index in [0.717, 1.165) is 25.9 Å². The Bertz CT molecular complexity index is 426. The number of amides is 1. The zero-order chi connectivity index (χ0) is 13.0. The van der Waals surface area contributed by atoms with Gasteiger partial charge in [-0.05, 0) is 44.4 Å². The lowest BCUT2D eigenvalue weighted by atomic mass is 10.1. The van der Waals surface area contributed by atoms with Crippen molar-refractivity contribution in [2.24, 2.45) is 0 Å². The van der Waals surface area contributed by atoms with Crippen molar-refractivity contribution < 1.29 is 9.53 Å². The molecule has 18 heavy (non-hydrogen) atoms. The molecule has 98 valence electrons. The van der Waals surface area contributed by atoms with Crippen LogP contribution >= 0.6 is 0 Å². The van der Waals surface area contributed by atoms with Gasteiger partial charge in [-0.15, -0.1) is 0 Å². The smallest absolute Gasteiger partial charge is 0.257 e. The van der Waals surface area contributed by atoms with Crippen molar-refractivity contribution in [3.05, 3.63) is 23.8 Å². The number of hydrogen-bond acceptors (Lipinski definition) is 3. The predicted octanol–water partition coefficient (Wildman–Crippen LogP) is 2.29.